The van der Waals surface area contributed by atoms with Gasteiger partial charge in [0.1, 0.15) is 5.69 Å². The highest BCUT2D eigenvalue weighted by Crippen LogP contribution is 2.28. The highest BCUT2D eigenvalue weighted by molar-refractivity contribution is 7.92. The van der Waals surface area contributed by atoms with Crippen molar-refractivity contribution in [1.82, 2.24) is 10.7 Å². The van der Waals surface area contributed by atoms with Crippen LogP contribution in [0.1, 0.15) is 6.42 Å². The maximum atomic E-state index is 12.6. The topological polar surface area (TPSA) is 135 Å². The molecule has 0 atom stereocenters. The molecule has 2 aromatic carbocycles. The highest BCUT2D eigenvalue weighted by atomic mass is 35.5. The van der Waals surface area contributed by atoms with E-state index in [2.05, 4.69) is 20.9 Å². The van der Waals surface area contributed by atoms with Crippen LogP contribution >= 0.6 is 23.8 Å². The number of nitrogens with zero attached hydrogens (tertiary/aromatic N) is 1. The summed E-state index contributed by atoms with van der Waals surface area (Å²) in [7, 11) is -2.47. The molecule has 162 valence electrons. The van der Waals surface area contributed by atoms with Crippen LogP contribution in [-0.4, -0.2) is 38.7 Å². The van der Waals surface area contributed by atoms with Crippen LogP contribution in [0.4, 0.5) is 17.1 Å². The van der Waals surface area contributed by atoms with Gasteiger partial charge in [-0.2, -0.15) is 0 Å². The molecule has 0 saturated heterocycles. The zero-order valence-electron chi connectivity index (χ0n) is 15.8. The molecule has 2 rings (SSSR count). The Labute approximate surface area is 184 Å². The Morgan fingerprint density at radius 1 is 1.27 bits per heavy atom. The van der Waals surface area contributed by atoms with Crippen molar-refractivity contribution in [2.24, 2.45) is 0 Å². The molecule has 0 spiro atoms. The number of nitro benzene ring substituents is 1. The molecule has 0 aromatic heterocycles. The van der Waals surface area contributed by atoms with Crippen LogP contribution in [-0.2, 0) is 14.8 Å². The zero-order valence-corrected chi connectivity index (χ0v) is 18.2. The van der Waals surface area contributed by atoms with E-state index < -0.39 is 20.6 Å². The van der Waals surface area contributed by atoms with E-state index in [4.69, 9.17) is 28.6 Å². The van der Waals surface area contributed by atoms with Crippen LogP contribution in [0.5, 0.6) is 0 Å². The van der Waals surface area contributed by atoms with Crippen LogP contribution in [0, 0.1) is 10.1 Å². The molecule has 13 heteroatoms. The summed E-state index contributed by atoms with van der Waals surface area (Å²) in [5.41, 5.74) is 5.07. The summed E-state index contributed by atoms with van der Waals surface area (Å²) in [6, 6.07) is 9.56. The summed E-state index contributed by atoms with van der Waals surface area (Å²) in [5.74, 6) is 0. The number of sulfonamides is 1. The van der Waals surface area contributed by atoms with Gasteiger partial charge in [-0.15, -0.1) is 0 Å². The van der Waals surface area contributed by atoms with E-state index in [0.29, 0.717) is 18.2 Å². The minimum Gasteiger partial charge on any atom is -0.385 e. The lowest BCUT2D eigenvalue weighted by Gasteiger charge is -2.13. The molecule has 0 fully saturated rings. The largest absolute Gasteiger partial charge is 0.385 e. The van der Waals surface area contributed by atoms with Gasteiger partial charge in [-0.05, 0) is 49.0 Å². The van der Waals surface area contributed by atoms with Gasteiger partial charge in [-0.1, -0.05) is 17.7 Å². The fourth-order valence-corrected chi connectivity index (χ4v) is 3.70. The first-order chi connectivity index (χ1) is 14.2. The number of halogens is 1. The van der Waals surface area contributed by atoms with Crippen molar-refractivity contribution in [3.05, 3.63) is 57.6 Å². The van der Waals surface area contributed by atoms with Gasteiger partial charge < -0.3 is 10.1 Å². The lowest BCUT2D eigenvalue weighted by Crippen LogP contribution is -2.39. The van der Waals surface area contributed by atoms with Gasteiger partial charge in [-0.3, -0.25) is 25.7 Å². The number of methoxy groups -OCH3 is 1. The van der Waals surface area contributed by atoms with Crippen LogP contribution in [0.15, 0.2) is 47.4 Å². The third kappa shape index (κ3) is 6.99. The minimum absolute atomic E-state index is 0.0442. The van der Waals surface area contributed by atoms with Gasteiger partial charge >= 0.3 is 0 Å². The van der Waals surface area contributed by atoms with E-state index in [9.17, 15) is 18.5 Å². The van der Waals surface area contributed by atoms with Crippen LogP contribution in [0.3, 0.4) is 0 Å². The first-order valence-electron chi connectivity index (χ1n) is 8.58. The molecular formula is C17H20ClN5O5S2. The van der Waals surface area contributed by atoms with E-state index in [-0.39, 0.29) is 21.4 Å². The fraction of sp³-hybridized carbons (Fsp3) is 0.235. The van der Waals surface area contributed by atoms with Crippen molar-refractivity contribution in [3.63, 3.8) is 0 Å². The van der Waals surface area contributed by atoms with Gasteiger partial charge in [-0.25, -0.2) is 8.42 Å². The Bertz CT molecular complexity index is 1020. The van der Waals surface area contributed by atoms with Crippen molar-refractivity contribution in [3.8, 4) is 0 Å². The molecule has 0 bridgehead atoms. The molecule has 0 saturated carbocycles. The lowest BCUT2D eigenvalue weighted by atomic mass is 10.3. The number of nitro groups is 1. The fourth-order valence-electron chi connectivity index (χ4n) is 2.29. The minimum atomic E-state index is -4.06. The average molecular weight is 474 g/mol. The second-order valence-electron chi connectivity index (χ2n) is 5.90. The van der Waals surface area contributed by atoms with Crippen molar-refractivity contribution in [2.45, 2.75) is 11.3 Å². The Kier molecular flexibility index (Phi) is 8.59. The monoisotopic (exact) mass is 473 g/mol. The predicted octanol–water partition coefficient (Wildman–Crippen LogP) is 2.88. The maximum absolute atomic E-state index is 12.6. The zero-order chi connectivity index (χ0) is 22.1. The van der Waals surface area contributed by atoms with Gasteiger partial charge in [0.25, 0.3) is 15.7 Å². The molecule has 2 aromatic rings. The second-order valence-corrected chi connectivity index (χ2v) is 8.43. The predicted molar refractivity (Wildman–Crippen MR) is 119 cm³/mol. The van der Waals surface area contributed by atoms with Crippen molar-refractivity contribution >= 4 is 56.0 Å². The van der Waals surface area contributed by atoms with Gasteiger partial charge in [0.15, 0.2) is 5.11 Å². The van der Waals surface area contributed by atoms with E-state index in [0.717, 1.165) is 12.5 Å². The van der Waals surface area contributed by atoms with Gasteiger partial charge in [0.05, 0.1) is 15.5 Å². The number of anilines is 2. The Balaban J connectivity index is 2.12. The van der Waals surface area contributed by atoms with Crippen molar-refractivity contribution in [2.75, 3.05) is 30.4 Å². The molecule has 30 heavy (non-hydrogen) atoms. The number of thiocarbonyl (C=S) groups is 1. The van der Waals surface area contributed by atoms with Gasteiger partial charge in [0, 0.05) is 31.4 Å². The number of nitrogens with one attached hydrogen (secondary N) is 4. The molecule has 4 N–H and O–H groups in total. The van der Waals surface area contributed by atoms with Crippen LogP contribution < -0.4 is 20.9 Å². The molecule has 0 amide bonds. The second kappa shape index (κ2) is 10.9. The summed E-state index contributed by atoms with van der Waals surface area (Å²) >= 11 is 10.9. The number of hydrogen-bond donors (Lipinski definition) is 4. The summed E-state index contributed by atoms with van der Waals surface area (Å²) in [6.45, 7) is 1.11. The highest BCUT2D eigenvalue weighted by Gasteiger charge is 2.22. The number of hydrazine groups is 1. The van der Waals surface area contributed by atoms with E-state index in [1.54, 1.807) is 19.2 Å². The van der Waals surface area contributed by atoms with Crippen LogP contribution in [0.25, 0.3) is 0 Å². The third-order valence-electron chi connectivity index (χ3n) is 3.67. The molecule has 0 heterocycles. The summed E-state index contributed by atoms with van der Waals surface area (Å²) in [6.07, 6.45) is 0.727. The van der Waals surface area contributed by atoms with E-state index >= 15 is 0 Å². The Morgan fingerprint density at radius 2 is 2.03 bits per heavy atom. The number of ether oxygens (including phenoxy) is 1. The first-order valence-corrected chi connectivity index (χ1v) is 10.9. The van der Waals surface area contributed by atoms with E-state index in [1.807, 2.05) is 0 Å². The molecular weight excluding hydrogens is 454 g/mol. The molecule has 0 aliphatic rings. The first kappa shape index (κ1) is 23.6. The normalized spacial score (nSPS) is 10.9. The molecule has 0 radical (unpaired) electrons. The number of hydrogen-bond acceptors (Lipinski definition) is 7. The van der Waals surface area contributed by atoms with Gasteiger partial charge in [0.2, 0.25) is 0 Å². The maximum Gasteiger partial charge on any atom is 0.295 e. The molecule has 10 nitrogen and oxygen atoms in total. The SMILES string of the molecule is COCCCNC(=S)NNc1ccc(S(=O)(=O)Nc2cccc(Cl)c2)cc1[N+](=O)[O-]. The quantitative estimate of drug-likeness (QED) is 0.178. The number of rotatable bonds is 10. The summed E-state index contributed by atoms with van der Waals surface area (Å²) < 4.78 is 32.4. The molecule has 0 aliphatic heterocycles. The summed E-state index contributed by atoms with van der Waals surface area (Å²) in [5, 5.41) is 14.9. The van der Waals surface area contributed by atoms with Crippen LogP contribution in [0.2, 0.25) is 5.02 Å². The smallest absolute Gasteiger partial charge is 0.295 e. The van der Waals surface area contributed by atoms with Crippen molar-refractivity contribution in [1.29, 1.82) is 0 Å². The van der Waals surface area contributed by atoms with Crippen molar-refractivity contribution < 1.29 is 18.1 Å². The van der Waals surface area contributed by atoms with E-state index in [1.165, 1.54) is 24.3 Å². The standard InChI is InChI=1S/C17H20ClN5O5S2/c1-28-9-3-8-19-17(29)21-20-15-7-6-14(11-16(15)23(24)25)30(26,27)22-13-5-2-4-12(18)10-13/h2,4-7,10-11,20,22H,3,8-9H2,1H3,(H2,19,21,29). The third-order valence-corrected chi connectivity index (χ3v) is 5.53. The Morgan fingerprint density at radius 3 is 2.70 bits per heavy atom. The lowest BCUT2D eigenvalue weighted by molar-refractivity contribution is -0.384. The number of benzene rings is 2. The average Bonchev–Trinajstić information content (AvgIpc) is 2.69. The molecule has 0 unspecified atom stereocenters. The summed E-state index contributed by atoms with van der Waals surface area (Å²) in [4.78, 5) is 10.5. The molecule has 0 aliphatic carbocycles. The Hall–Kier alpha value is -2.67.